The maximum absolute atomic E-state index is 7.16. The highest BCUT2D eigenvalue weighted by molar-refractivity contribution is 7.00. The summed E-state index contributed by atoms with van der Waals surface area (Å²) >= 11 is 0. The number of hydrogen-bond acceptors (Lipinski definition) is 3. The van der Waals surface area contributed by atoms with E-state index in [4.69, 9.17) is 4.42 Å². The number of nitrogens with zero attached hydrogens (tertiary/aromatic N) is 2. The van der Waals surface area contributed by atoms with Crippen molar-refractivity contribution in [2.75, 3.05) is 9.80 Å². The summed E-state index contributed by atoms with van der Waals surface area (Å²) in [5, 5.41) is 2.42. The normalized spacial score (nSPS) is 18.8. The Morgan fingerprint density at radius 3 is 1.47 bits per heavy atom. The van der Waals surface area contributed by atoms with Crippen molar-refractivity contribution in [3.63, 3.8) is 0 Å². The smallest absolute Gasteiger partial charge is 0.252 e. The molecule has 4 heteroatoms. The van der Waals surface area contributed by atoms with E-state index < -0.39 is 0 Å². The number of benzene rings is 6. The van der Waals surface area contributed by atoms with Crippen LogP contribution in [0.3, 0.4) is 0 Å². The van der Waals surface area contributed by atoms with Gasteiger partial charge in [0.2, 0.25) is 0 Å². The fraction of sp³-hybridized carbons (Fsp3) is 0.419. The first-order valence-corrected chi connectivity index (χ1v) is 25.0. The topological polar surface area (TPSA) is 19.6 Å². The third-order valence-corrected chi connectivity index (χ3v) is 17.1. The molecule has 4 aliphatic rings. The number of hydrogen-bond donors (Lipinski definition) is 0. The first-order valence-electron chi connectivity index (χ1n) is 25.0. The number of rotatable bonds is 2. The van der Waals surface area contributed by atoms with Crippen molar-refractivity contribution in [3.8, 4) is 0 Å². The molecule has 338 valence electrons. The zero-order valence-electron chi connectivity index (χ0n) is 42.9. The van der Waals surface area contributed by atoms with E-state index in [0.717, 1.165) is 11.2 Å². The molecule has 0 radical (unpaired) electrons. The summed E-state index contributed by atoms with van der Waals surface area (Å²) in [4.78, 5) is 5.30. The van der Waals surface area contributed by atoms with Crippen LogP contribution in [-0.4, -0.2) is 6.71 Å². The van der Waals surface area contributed by atoms with Gasteiger partial charge in [-0.25, -0.2) is 0 Å². The highest BCUT2D eigenvalue weighted by Gasteiger charge is 2.48. The van der Waals surface area contributed by atoms with Crippen LogP contribution in [0.2, 0.25) is 0 Å². The van der Waals surface area contributed by atoms with Crippen LogP contribution in [0.1, 0.15) is 167 Å². The van der Waals surface area contributed by atoms with Crippen LogP contribution in [0.15, 0.2) is 95.4 Å². The number of fused-ring (bicyclic) bond motifs is 9. The minimum atomic E-state index is -0.109. The fourth-order valence-electron chi connectivity index (χ4n) is 12.5. The van der Waals surface area contributed by atoms with Crippen molar-refractivity contribution in [2.45, 2.75) is 169 Å². The molecule has 0 N–H and O–H groups in total. The van der Waals surface area contributed by atoms with Crippen LogP contribution >= 0.6 is 0 Å². The lowest BCUT2D eigenvalue weighted by atomic mass is 9.33. The first kappa shape index (κ1) is 43.4. The maximum Gasteiger partial charge on any atom is 0.252 e. The maximum atomic E-state index is 7.16. The summed E-state index contributed by atoms with van der Waals surface area (Å²) < 4.78 is 7.16. The zero-order chi connectivity index (χ0) is 47.0. The summed E-state index contributed by atoms with van der Waals surface area (Å²) in [6.45, 7) is 38.3. The summed E-state index contributed by atoms with van der Waals surface area (Å²) in [7, 11) is 0. The van der Waals surface area contributed by atoms with E-state index >= 15 is 0 Å². The molecule has 3 heterocycles. The molecule has 1 aromatic heterocycles. The van der Waals surface area contributed by atoms with Crippen LogP contribution in [0, 0.1) is 13.8 Å². The largest absolute Gasteiger partial charge is 0.456 e. The number of furan rings is 1. The molecular formula is C62H71BN2O. The summed E-state index contributed by atoms with van der Waals surface area (Å²) in [6.07, 6.45) is 4.68. The third kappa shape index (κ3) is 6.28. The molecule has 2 aliphatic heterocycles. The van der Waals surface area contributed by atoms with Crippen molar-refractivity contribution < 1.29 is 4.42 Å². The van der Waals surface area contributed by atoms with E-state index in [2.05, 4.69) is 212 Å². The fourth-order valence-corrected chi connectivity index (χ4v) is 12.5. The quantitative estimate of drug-likeness (QED) is 0.161. The Kier molecular flexibility index (Phi) is 9.00. The van der Waals surface area contributed by atoms with Crippen molar-refractivity contribution in [1.29, 1.82) is 0 Å². The molecule has 0 spiro atoms. The molecule has 6 aromatic carbocycles. The molecule has 0 unspecified atom stereocenters. The molecule has 0 fully saturated rings. The van der Waals surface area contributed by atoms with Gasteiger partial charge >= 0.3 is 0 Å². The molecule has 0 bridgehead atoms. The Balaban J connectivity index is 1.29. The number of para-hydroxylation sites is 1. The highest BCUT2D eigenvalue weighted by atomic mass is 16.3. The van der Waals surface area contributed by atoms with Gasteiger partial charge in [0.15, 0.2) is 0 Å². The van der Waals surface area contributed by atoms with Crippen LogP contribution in [0.25, 0.3) is 21.9 Å². The van der Waals surface area contributed by atoms with Gasteiger partial charge in [-0.1, -0.05) is 133 Å². The van der Waals surface area contributed by atoms with E-state index in [9.17, 15) is 0 Å². The van der Waals surface area contributed by atoms with E-state index in [-0.39, 0.29) is 39.2 Å². The lowest BCUT2D eigenvalue weighted by molar-refractivity contribution is 0.332. The Bertz CT molecular complexity index is 3210. The number of aryl methyl sites for hydroxylation is 2. The lowest BCUT2D eigenvalue weighted by Crippen LogP contribution is -2.62. The van der Waals surface area contributed by atoms with E-state index in [1.165, 1.54) is 131 Å². The number of anilines is 6. The van der Waals surface area contributed by atoms with Gasteiger partial charge in [0.1, 0.15) is 11.2 Å². The minimum absolute atomic E-state index is 0.0190. The predicted octanol–water partition coefficient (Wildman–Crippen LogP) is 15.6. The van der Waals surface area contributed by atoms with Gasteiger partial charge in [0.05, 0.1) is 0 Å². The summed E-state index contributed by atoms with van der Waals surface area (Å²) in [6, 6.07) is 36.5. The summed E-state index contributed by atoms with van der Waals surface area (Å²) in [5.74, 6) is 0. The monoisotopic (exact) mass is 871 g/mol. The Hall–Kier alpha value is -5.22. The van der Waals surface area contributed by atoms with E-state index in [1.807, 2.05) is 0 Å². The Morgan fingerprint density at radius 2 is 0.909 bits per heavy atom. The van der Waals surface area contributed by atoms with Crippen LogP contribution in [-0.2, 0) is 32.5 Å². The van der Waals surface area contributed by atoms with Crippen molar-refractivity contribution in [2.24, 2.45) is 0 Å². The zero-order valence-corrected chi connectivity index (χ0v) is 42.9. The molecule has 66 heavy (non-hydrogen) atoms. The van der Waals surface area contributed by atoms with Crippen molar-refractivity contribution in [1.82, 2.24) is 0 Å². The molecule has 7 aromatic rings. The van der Waals surface area contributed by atoms with Gasteiger partial charge in [0.25, 0.3) is 6.71 Å². The van der Waals surface area contributed by atoms with Crippen molar-refractivity contribution in [3.05, 3.63) is 136 Å². The second kappa shape index (κ2) is 13.7. The average Bonchev–Trinajstić information content (AvgIpc) is 3.59. The third-order valence-electron chi connectivity index (χ3n) is 17.1. The molecule has 0 saturated heterocycles. The molecule has 3 nitrogen and oxygen atoms in total. The van der Waals surface area contributed by atoms with Crippen LogP contribution in [0.5, 0.6) is 0 Å². The molecule has 0 saturated carbocycles. The lowest BCUT2D eigenvalue weighted by Gasteiger charge is -2.48. The Labute approximate surface area is 396 Å². The van der Waals surface area contributed by atoms with Crippen molar-refractivity contribution >= 4 is 79.2 Å². The van der Waals surface area contributed by atoms with Gasteiger partial charge < -0.3 is 14.2 Å². The average molecular weight is 871 g/mol. The van der Waals surface area contributed by atoms with Crippen LogP contribution < -0.4 is 26.2 Å². The predicted molar refractivity (Wildman–Crippen MR) is 285 cm³/mol. The molecule has 0 amide bonds. The van der Waals surface area contributed by atoms with Gasteiger partial charge in [-0.15, -0.1) is 0 Å². The second-order valence-electron chi connectivity index (χ2n) is 25.7. The molecule has 0 atom stereocenters. The van der Waals surface area contributed by atoms with Gasteiger partial charge in [-0.2, -0.15) is 0 Å². The first-order chi connectivity index (χ1) is 30.8. The molecule has 2 aliphatic carbocycles. The van der Waals surface area contributed by atoms with E-state index in [1.54, 1.807) is 0 Å². The molecule has 11 rings (SSSR count). The summed E-state index contributed by atoms with van der Waals surface area (Å²) in [5.41, 5.74) is 24.9. The minimum Gasteiger partial charge on any atom is -0.456 e. The van der Waals surface area contributed by atoms with Gasteiger partial charge in [-0.05, 0) is 188 Å². The van der Waals surface area contributed by atoms with Gasteiger partial charge in [-0.3, -0.25) is 0 Å². The molecular weight excluding hydrogens is 800 g/mol. The highest BCUT2D eigenvalue weighted by Crippen LogP contribution is 2.53. The van der Waals surface area contributed by atoms with Crippen LogP contribution in [0.4, 0.5) is 34.1 Å². The second-order valence-corrected chi connectivity index (χ2v) is 25.7. The van der Waals surface area contributed by atoms with E-state index in [0.29, 0.717) is 0 Å². The standard InChI is InChI=1S/C62H71BN2O/c1-36-19-17-18-20-48(36)64-50-31-41-40-30-42-45(62(15,16)26-23-59(42,9)10)34-54(40)66-55(41)35-47(50)63-46-32-43-44(61(13,14)25-24-60(43,11)12)33-51(46)65(49-22-21-38(27-37(49)2)57(3,4)5)53-29-39(58(6,7)8)28-52(64)56(53)63/h17-22,27-35H,23-26H2,1-16H3. The SMILES string of the molecule is Cc1cc(C(C)(C)C)ccc1N1c2cc3c(cc2B2c4cc5oc6cc7c(cc6c5cc4N(c4ccccc4C)c4cc(C(C)(C)C)cc1c42)C(C)(C)CCC7(C)C)C(C)(C)CCC3(C)C. The Morgan fingerprint density at radius 1 is 0.439 bits per heavy atom. The van der Waals surface area contributed by atoms with Gasteiger partial charge in [0, 0.05) is 44.9 Å².